The van der Waals surface area contributed by atoms with Gasteiger partial charge in [-0.25, -0.2) is 18.0 Å². The third kappa shape index (κ3) is 3.89. The summed E-state index contributed by atoms with van der Waals surface area (Å²) in [7, 11) is -1.45. The van der Waals surface area contributed by atoms with E-state index in [1.165, 1.54) is 6.33 Å². The first-order valence-corrected chi connectivity index (χ1v) is 10.4. The van der Waals surface area contributed by atoms with Gasteiger partial charge in [-0.05, 0) is 24.6 Å². The lowest BCUT2D eigenvalue weighted by molar-refractivity contribution is -0.0222. The van der Waals surface area contributed by atoms with Crippen LogP contribution in [0.1, 0.15) is 29.7 Å². The molecule has 1 unspecified atom stereocenters. The van der Waals surface area contributed by atoms with Crippen molar-refractivity contribution in [3.63, 3.8) is 0 Å². The SMILES string of the molecule is Cc1nc2ncnn2c(N2CCC(F)(F)CC2)c1Cc1ccc(S(=O)C=N)cc1. The van der Waals surface area contributed by atoms with E-state index in [2.05, 4.69) is 15.1 Å². The quantitative estimate of drug-likeness (QED) is 0.508. The van der Waals surface area contributed by atoms with Crippen molar-refractivity contribution in [2.24, 2.45) is 0 Å². The molecule has 1 fully saturated rings. The van der Waals surface area contributed by atoms with Gasteiger partial charge in [-0.15, -0.1) is 0 Å². The largest absolute Gasteiger partial charge is 0.356 e. The van der Waals surface area contributed by atoms with Crippen molar-refractivity contribution in [3.8, 4) is 0 Å². The summed E-state index contributed by atoms with van der Waals surface area (Å²) in [5.74, 6) is -1.46. The van der Waals surface area contributed by atoms with Crippen LogP contribution in [-0.4, -0.2) is 48.3 Å². The Morgan fingerprint density at radius 1 is 1.24 bits per heavy atom. The molecule has 1 N–H and O–H groups in total. The second-order valence-electron chi connectivity index (χ2n) is 7.05. The van der Waals surface area contributed by atoms with Crippen LogP contribution >= 0.6 is 0 Å². The highest BCUT2D eigenvalue weighted by Crippen LogP contribution is 2.33. The Kier molecular flexibility index (Phi) is 5.12. The molecule has 10 heteroatoms. The number of rotatable bonds is 5. The minimum atomic E-state index is -2.64. The third-order valence-corrected chi connectivity index (χ3v) is 6.09. The second-order valence-corrected chi connectivity index (χ2v) is 8.35. The van der Waals surface area contributed by atoms with Crippen LogP contribution in [0.2, 0.25) is 0 Å². The highest BCUT2D eigenvalue weighted by Gasteiger charge is 2.35. The first-order valence-electron chi connectivity index (χ1n) is 9.20. The van der Waals surface area contributed by atoms with Gasteiger partial charge in [0, 0.05) is 48.5 Å². The predicted molar refractivity (Wildman–Crippen MR) is 106 cm³/mol. The number of aromatic nitrogens is 4. The molecule has 0 aliphatic carbocycles. The number of benzene rings is 1. The summed E-state index contributed by atoms with van der Waals surface area (Å²) in [4.78, 5) is 11.2. The number of alkyl halides is 2. The topological polar surface area (TPSA) is 87.2 Å². The Hall–Kier alpha value is -2.75. The lowest BCUT2D eigenvalue weighted by Crippen LogP contribution is -2.41. The first-order chi connectivity index (χ1) is 13.9. The number of halogens is 2. The lowest BCUT2D eigenvalue weighted by Gasteiger charge is -2.34. The maximum atomic E-state index is 13.7. The van der Waals surface area contributed by atoms with Crippen LogP contribution in [0.25, 0.3) is 5.78 Å². The van der Waals surface area contributed by atoms with Crippen molar-refractivity contribution in [2.75, 3.05) is 18.0 Å². The maximum absolute atomic E-state index is 13.7. The fraction of sp³-hybridized carbons (Fsp3) is 0.368. The summed E-state index contributed by atoms with van der Waals surface area (Å²) < 4.78 is 40.7. The maximum Gasteiger partial charge on any atom is 0.254 e. The lowest BCUT2D eigenvalue weighted by atomic mass is 10.0. The summed E-state index contributed by atoms with van der Waals surface area (Å²) in [5, 5.41) is 11.4. The van der Waals surface area contributed by atoms with Gasteiger partial charge in [0.25, 0.3) is 11.7 Å². The summed E-state index contributed by atoms with van der Waals surface area (Å²) in [6.07, 6.45) is 1.53. The van der Waals surface area contributed by atoms with Crippen molar-refractivity contribution >= 4 is 27.9 Å². The number of hydrogen-bond acceptors (Lipinski definition) is 6. The molecule has 152 valence electrons. The molecule has 3 aromatic rings. The molecule has 4 rings (SSSR count). The van der Waals surface area contributed by atoms with Gasteiger partial charge in [-0.2, -0.15) is 14.6 Å². The Bertz CT molecular complexity index is 1070. The summed E-state index contributed by atoms with van der Waals surface area (Å²) in [6.45, 7) is 2.34. The molecule has 0 amide bonds. The summed E-state index contributed by atoms with van der Waals surface area (Å²) in [6, 6.07) is 7.18. The second kappa shape index (κ2) is 7.58. The Labute approximate surface area is 168 Å². The minimum Gasteiger partial charge on any atom is -0.356 e. The smallest absolute Gasteiger partial charge is 0.254 e. The standard InChI is InChI=1S/C19H20F2N6OS/c1-13-16(10-14-2-4-15(5-3-14)29(28)11-22)17(27-18(25-13)23-12-24-27)26-8-6-19(20,21)7-9-26/h2-5,11-12,22H,6-10H2,1H3. The van der Waals surface area contributed by atoms with Crippen LogP contribution in [0.5, 0.6) is 0 Å². The molecule has 1 aliphatic rings. The van der Waals surface area contributed by atoms with Crippen LogP contribution in [0, 0.1) is 12.3 Å². The zero-order valence-electron chi connectivity index (χ0n) is 15.8. The number of piperidine rings is 1. The van der Waals surface area contributed by atoms with E-state index < -0.39 is 16.7 Å². The van der Waals surface area contributed by atoms with Crippen molar-refractivity contribution in [3.05, 3.63) is 47.4 Å². The van der Waals surface area contributed by atoms with Gasteiger partial charge in [-0.1, -0.05) is 12.1 Å². The van der Waals surface area contributed by atoms with Crippen molar-refractivity contribution < 1.29 is 13.0 Å². The van der Waals surface area contributed by atoms with E-state index in [4.69, 9.17) is 5.41 Å². The molecule has 2 aromatic heterocycles. The van der Waals surface area contributed by atoms with Gasteiger partial charge >= 0.3 is 0 Å². The van der Waals surface area contributed by atoms with Gasteiger partial charge in [0.2, 0.25) is 0 Å². The van der Waals surface area contributed by atoms with E-state index in [0.717, 1.165) is 28.2 Å². The number of fused-ring (bicyclic) bond motifs is 1. The Morgan fingerprint density at radius 2 is 1.93 bits per heavy atom. The molecule has 1 aromatic carbocycles. The molecule has 1 atom stereocenters. The van der Waals surface area contributed by atoms with Crippen LogP contribution < -0.4 is 4.90 Å². The molecule has 1 aliphatic heterocycles. The molecular weight excluding hydrogens is 398 g/mol. The van der Waals surface area contributed by atoms with Crippen LogP contribution in [0.15, 0.2) is 35.5 Å². The third-order valence-electron chi connectivity index (χ3n) is 5.14. The van der Waals surface area contributed by atoms with Gasteiger partial charge in [0.15, 0.2) is 0 Å². The molecule has 0 spiro atoms. The Balaban J connectivity index is 1.73. The van der Waals surface area contributed by atoms with E-state index in [-0.39, 0.29) is 25.9 Å². The minimum absolute atomic E-state index is 0.200. The molecule has 1 saturated heterocycles. The van der Waals surface area contributed by atoms with E-state index in [1.54, 1.807) is 16.6 Å². The van der Waals surface area contributed by atoms with Crippen LogP contribution in [0.3, 0.4) is 0 Å². The van der Waals surface area contributed by atoms with Crippen molar-refractivity contribution in [1.29, 1.82) is 5.41 Å². The van der Waals surface area contributed by atoms with Crippen molar-refractivity contribution in [2.45, 2.75) is 37.0 Å². The summed E-state index contributed by atoms with van der Waals surface area (Å²) >= 11 is 0. The normalized spacial score (nSPS) is 17.4. The molecule has 0 bridgehead atoms. The molecular formula is C19H20F2N6OS. The van der Waals surface area contributed by atoms with E-state index in [1.807, 2.05) is 24.0 Å². The number of anilines is 1. The van der Waals surface area contributed by atoms with Crippen LogP contribution in [0.4, 0.5) is 14.6 Å². The first kappa shape index (κ1) is 19.6. The van der Waals surface area contributed by atoms with Crippen LogP contribution in [-0.2, 0) is 17.2 Å². The number of nitrogens with zero attached hydrogens (tertiary/aromatic N) is 5. The average Bonchev–Trinajstić information content (AvgIpc) is 3.17. The highest BCUT2D eigenvalue weighted by atomic mass is 32.2. The van der Waals surface area contributed by atoms with Gasteiger partial charge in [-0.3, -0.25) is 5.41 Å². The van der Waals surface area contributed by atoms with Gasteiger partial charge in [0.1, 0.15) is 12.1 Å². The average molecular weight is 418 g/mol. The zero-order chi connectivity index (χ0) is 20.6. The molecule has 0 saturated carbocycles. The number of aryl methyl sites for hydroxylation is 1. The molecule has 7 nitrogen and oxygen atoms in total. The summed E-state index contributed by atoms with van der Waals surface area (Å²) in [5.41, 5.74) is 3.52. The molecule has 29 heavy (non-hydrogen) atoms. The fourth-order valence-electron chi connectivity index (χ4n) is 3.56. The number of nitrogens with one attached hydrogen (secondary N) is 1. The zero-order valence-corrected chi connectivity index (χ0v) is 16.6. The van der Waals surface area contributed by atoms with Gasteiger partial charge < -0.3 is 4.90 Å². The van der Waals surface area contributed by atoms with E-state index in [9.17, 15) is 13.0 Å². The van der Waals surface area contributed by atoms with Crippen molar-refractivity contribution in [1.82, 2.24) is 19.6 Å². The Morgan fingerprint density at radius 3 is 2.59 bits per heavy atom. The molecule has 0 radical (unpaired) electrons. The van der Waals surface area contributed by atoms with E-state index >= 15 is 0 Å². The van der Waals surface area contributed by atoms with E-state index in [0.29, 0.717) is 17.1 Å². The predicted octanol–water partition coefficient (Wildman–Crippen LogP) is 2.97. The number of hydrogen-bond donors (Lipinski definition) is 1. The molecule has 3 heterocycles. The fourth-order valence-corrected chi connectivity index (χ4v) is 4.10. The monoisotopic (exact) mass is 418 g/mol. The van der Waals surface area contributed by atoms with Gasteiger partial charge in [0.05, 0.1) is 16.3 Å². The highest BCUT2D eigenvalue weighted by molar-refractivity contribution is 7.98.